The Kier molecular flexibility index (Phi) is 3.16. The number of aromatic nitrogens is 2. The van der Waals surface area contributed by atoms with Crippen molar-refractivity contribution >= 4 is 17.4 Å². The lowest BCUT2D eigenvalue weighted by atomic mass is 10.1. The second-order valence-electron chi connectivity index (χ2n) is 4.44. The molecule has 20 heavy (non-hydrogen) atoms. The number of hydrogen-bond acceptors (Lipinski definition) is 2. The third-order valence-electron chi connectivity index (χ3n) is 2.91. The van der Waals surface area contributed by atoms with Crippen LogP contribution in [0.5, 0.6) is 0 Å². The van der Waals surface area contributed by atoms with Gasteiger partial charge in [-0.2, -0.15) is 0 Å². The van der Waals surface area contributed by atoms with E-state index in [1.54, 1.807) is 18.3 Å². The monoisotopic (exact) mass is 269 g/mol. The van der Waals surface area contributed by atoms with Crippen molar-refractivity contribution in [2.75, 3.05) is 5.32 Å². The molecule has 1 amide bonds. The van der Waals surface area contributed by atoms with Gasteiger partial charge in [-0.15, -0.1) is 0 Å². The van der Waals surface area contributed by atoms with Gasteiger partial charge in [0.1, 0.15) is 11.5 Å². The number of imidazole rings is 1. The van der Waals surface area contributed by atoms with E-state index in [4.69, 9.17) is 0 Å². The molecule has 100 valence electrons. The van der Waals surface area contributed by atoms with Crippen LogP contribution in [0.4, 0.5) is 10.2 Å². The van der Waals surface area contributed by atoms with E-state index in [0.29, 0.717) is 5.82 Å². The van der Waals surface area contributed by atoms with Gasteiger partial charge in [-0.3, -0.25) is 4.79 Å². The molecule has 0 bridgehead atoms. The molecule has 0 radical (unpaired) electrons. The number of rotatable bonds is 3. The Morgan fingerprint density at radius 1 is 1.20 bits per heavy atom. The van der Waals surface area contributed by atoms with Gasteiger partial charge in [0, 0.05) is 6.20 Å². The molecule has 0 aliphatic heterocycles. The van der Waals surface area contributed by atoms with Crippen LogP contribution in [0, 0.1) is 5.82 Å². The fourth-order valence-electron chi connectivity index (χ4n) is 1.97. The SMILES string of the molecule is O=C(Cc1ccc(F)cc1)Nc1cn2ccccc2n1. The maximum Gasteiger partial charge on any atom is 0.229 e. The molecule has 5 heteroatoms. The first-order valence-electron chi connectivity index (χ1n) is 6.19. The molecular weight excluding hydrogens is 257 g/mol. The molecule has 3 rings (SSSR count). The molecule has 0 unspecified atom stereocenters. The number of nitrogens with zero attached hydrogens (tertiary/aromatic N) is 2. The smallest absolute Gasteiger partial charge is 0.229 e. The first-order chi connectivity index (χ1) is 9.70. The largest absolute Gasteiger partial charge is 0.309 e. The Hall–Kier alpha value is -2.69. The molecule has 3 aromatic rings. The number of anilines is 1. The summed E-state index contributed by atoms with van der Waals surface area (Å²) < 4.78 is 14.6. The molecule has 0 fully saturated rings. The van der Waals surface area contributed by atoms with E-state index in [-0.39, 0.29) is 18.1 Å². The number of pyridine rings is 1. The average molecular weight is 269 g/mol. The van der Waals surface area contributed by atoms with Crippen LogP contribution >= 0.6 is 0 Å². The maximum atomic E-state index is 12.8. The highest BCUT2D eigenvalue weighted by Crippen LogP contribution is 2.10. The molecule has 2 aromatic heterocycles. The normalized spacial score (nSPS) is 10.7. The number of carbonyl (C=O) groups is 1. The summed E-state index contributed by atoms with van der Waals surface area (Å²) in [6.45, 7) is 0. The molecule has 0 atom stereocenters. The van der Waals surface area contributed by atoms with Crippen LogP contribution in [0.15, 0.2) is 54.9 Å². The summed E-state index contributed by atoms with van der Waals surface area (Å²) >= 11 is 0. The number of hydrogen-bond donors (Lipinski definition) is 1. The summed E-state index contributed by atoms with van der Waals surface area (Å²) in [6, 6.07) is 11.5. The molecule has 0 aliphatic rings. The topological polar surface area (TPSA) is 46.4 Å². The molecule has 1 aromatic carbocycles. The molecule has 4 nitrogen and oxygen atoms in total. The maximum absolute atomic E-state index is 12.8. The van der Waals surface area contributed by atoms with Gasteiger partial charge in [0.05, 0.1) is 12.6 Å². The molecule has 0 saturated heterocycles. The number of amides is 1. The first kappa shape index (κ1) is 12.3. The Bertz CT molecular complexity index is 716. The summed E-state index contributed by atoms with van der Waals surface area (Å²) in [7, 11) is 0. The third kappa shape index (κ3) is 2.66. The van der Waals surface area contributed by atoms with Gasteiger partial charge in [-0.1, -0.05) is 18.2 Å². The summed E-state index contributed by atoms with van der Waals surface area (Å²) in [5.74, 6) is 0.0119. The number of benzene rings is 1. The van der Waals surface area contributed by atoms with Gasteiger partial charge >= 0.3 is 0 Å². The minimum absolute atomic E-state index is 0.181. The second kappa shape index (κ2) is 5.13. The van der Waals surface area contributed by atoms with Crippen molar-refractivity contribution in [3.8, 4) is 0 Å². The van der Waals surface area contributed by atoms with Crippen LogP contribution in [0.25, 0.3) is 5.65 Å². The minimum Gasteiger partial charge on any atom is -0.309 e. The Labute approximate surface area is 114 Å². The van der Waals surface area contributed by atoms with Crippen LogP contribution in [0.2, 0.25) is 0 Å². The van der Waals surface area contributed by atoms with Gasteiger partial charge < -0.3 is 9.72 Å². The lowest BCUT2D eigenvalue weighted by molar-refractivity contribution is -0.115. The van der Waals surface area contributed by atoms with Gasteiger partial charge in [-0.05, 0) is 29.8 Å². The third-order valence-corrected chi connectivity index (χ3v) is 2.91. The van der Waals surface area contributed by atoms with E-state index in [9.17, 15) is 9.18 Å². The first-order valence-corrected chi connectivity index (χ1v) is 6.19. The zero-order valence-electron chi connectivity index (χ0n) is 10.6. The predicted molar refractivity (Wildman–Crippen MR) is 73.9 cm³/mol. The quantitative estimate of drug-likeness (QED) is 0.794. The van der Waals surface area contributed by atoms with E-state index in [0.717, 1.165) is 11.2 Å². The predicted octanol–water partition coefficient (Wildman–Crippen LogP) is 2.65. The Morgan fingerprint density at radius 3 is 2.75 bits per heavy atom. The molecule has 1 N–H and O–H groups in total. The van der Waals surface area contributed by atoms with Gasteiger partial charge in [0.2, 0.25) is 5.91 Å². The number of carbonyl (C=O) groups excluding carboxylic acids is 1. The van der Waals surface area contributed by atoms with Crippen molar-refractivity contribution in [2.45, 2.75) is 6.42 Å². The van der Waals surface area contributed by atoms with E-state index in [1.165, 1.54) is 12.1 Å². The molecule has 0 saturated carbocycles. The van der Waals surface area contributed by atoms with E-state index in [1.807, 2.05) is 28.8 Å². The number of halogens is 1. The Morgan fingerprint density at radius 2 is 2.00 bits per heavy atom. The second-order valence-corrected chi connectivity index (χ2v) is 4.44. The van der Waals surface area contributed by atoms with Crippen LogP contribution in [-0.2, 0) is 11.2 Å². The fraction of sp³-hybridized carbons (Fsp3) is 0.0667. The average Bonchev–Trinajstić information content (AvgIpc) is 2.83. The van der Waals surface area contributed by atoms with Gasteiger partial charge in [0.25, 0.3) is 0 Å². The molecular formula is C15H12FN3O. The summed E-state index contributed by atoms with van der Waals surface area (Å²) in [4.78, 5) is 16.2. The van der Waals surface area contributed by atoms with Crippen molar-refractivity contribution in [2.24, 2.45) is 0 Å². The molecule has 2 heterocycles. The minimum atomic E-state index is -0.311. The van der Waals surface area contributed by atoms with E-state index >= 15 is 0 Å². The zero-order valence-corrected chi connectivity index (χ0v) is 10.6. The lowest BCUT2D eigenvalue weighted by Gasteiger charge is -2.01. The van der Waals surface area contributed by atoms with Crippen molar-refractivity contribution < 1.29 is 9.18 Å². The Balaban J connectivity index is 1.70. The highest BCUT2D eigenvalue weighted by molar-refractivity contribution is 5.91. The number of fused-ring (bicyclic) bond motifs is 1. The standard InChI is InChI=1S/C15H12FN3O/c16-12-6-4-11(5-7-12)9-15(20)18-13-10-19-8-2-1-3-14(19)17-13/h1-8,10H,9H2,(H,18,20). The molecule has 0 spiro atoms. The van der Waals surface area contributed by atoms with Crippen molar-refractivity contribution in [3.05, 3.63) is 66.2 Å². The van der Waals surface area contributed by atoms with E-state index in [2.05, 4.69) is 10.3 Å². The van der Waals surface area contributed by atoms with Crippen molar-refractivity contribution in [1.29, 1.82) is 0 Å². The van der Waals surface area contributed by atoms with Crippen LogP contribution in [0.1, 0.15) is 5.56 Å². The fourth-order valence-corrected chi connectivity index (χ4v) is 1.97. The summed E-state index contributed by atoms with van der Waals surface area (Å²) in [6.07, 6.45) is 3.80. The van der Waals surface area contributed by atoms with Crippen LogP contribution < -0.4 is 5.32 Å². The highest BCUT2D eigenvalue weighted by atomic mass is 19.1. The highest BCUT2D eigenvalue weighted by Gasteiger charge is 2.07. The van der Waals surface area contributed by atoms with Gasteiger partial charge in [0.15, 0.2) is 5.82 Å². The molecule has 0 aliphatic carbocycles. The lowest BCUT2D eigenvalue weighted by Crippen LogP contribution is -2.14. The van der Waals surface area contributed by atoms with Gasteiger partial charge in [-0.25, -0.2) is 9.37 Å². The summed E-state index contributed by atoms with van der Waals surface area (Å²) in [5.41, 5.74) is 1.53. The van der Waals surface area contributed by atoms with Crippen molar-refractivity contribution in [1.82, 2.24) is 9.38 Å². The van der Waals surface area contributed by atoms with Crippen LogP contribution in [-0.4, -0.2) is 15.3 Å². The van der Waals surface area contributed by atoms with Crippen molar-refractivity contribution in [3.63, 3.8) is 0 Å². The summed E-state index contributed by atoms with van der Waals surface area (Å²) in [5, 5.41) is 2.73. The van der Waals surface area contributed by atoms with E-state index < -0.39 is 0 Å². The zero-order chi connectivity index (χ0) is 13.9. The number of nitrogens with one attached hydrogen (secondary N) is 1. The van der Waals surface area contributed by atoms with Crippen LogP contribution in [0.3, 0.4) is 0 Å².